The summed E-state index contributed by atoms with van der Waals surface area (Å²) in [5.74, 6) is 0. The van der Waals surface area contributed by atoms with Gasteiger partial charge < -0.3 is 10.1 Å². The summed E-state index contributed by atoms with van der Waals surface area (Å²) in [5, 5.41) is 9.57. The number of H-pyrrole nitrogens is 1. The Morgan fingerprint density at radius 1 is 1.21 bits per heavy atom. The molecule has 1 aromatic carbocycles. The average Bonchev–Trinajstić information content (AvgIpc) is 2.61. The third kappa shape index (κ3) is 1.67. The lowest BCUT2D eigenvalue weighted by atomic mass is 10.2. The van der Waals surface area contributed by atoms with E-state index >= 15 is 0 Å². The Kier molecular flexibility index (Phi) is 2.57. The van der Waals surface area contributed by atoms with Crippen molar-refractivity contribution in [3.63, 3.8) is 0 Å². The van der Waals surface area contributed by atoms with Crippen LogP contribution in [0.25, 0.3) is 11.3 Å². The van der Waals surface area contributed by atoms with Gasteiger partial charge in [0.1, 0.15) is 0 Å². The summed E-state index contributed by atoms with van der Waals surface area (Å²) in [5.41, 5.74) is 2.61. The molecule has 1 heterocycles. The van der Waals surface area contributed by atoms with Gasteiger partial charge in [0.15, 0.2) is 0 Å². The van der Waals surface area contributed by atoms with Crippen molar-refractivity contribution < 1.29 is 5.11 Å². The van der Waals surface area contributed by atoms with Crippen molar-refractivity contribution in [1.82, 2.24) is 4.98 Å². The molecule has 0 saturated heterocycles. The molecule has 0 bridgehead atoms. The van der Waals surface area contributed by atoms with Crippen LogP contribution in [0.5, 0.6) is 0 Å². The monoisotopic (exact) mass is 207 g/mol. The summed E-state index contributed by atoms with van der Waals surface area (Å²) < 4.78 is 0. The number of aliphatic hydroxyl groups excluding tert-OH is 1. The summed E-state index contributed by atoms with van der Waals surface area (Å²) in [7, 11) is 0. The van der Waals surface area contributed by atoms with Crippen LogP contribution in [0.3, 0.4) is 0 Å². The van der Waals surface area contributed by atoms with Gasteiger partial charge in [-0.3, -0.25) is 0 Å². The first kappa shape index (κ1) is 9.31. The van der Waals surface area contributed by atoms with Crippen molar-refractivity contribution in [3.05, 3.63) is 47.1 Å². The molecule has 2 N–H and O–H groups in total. The van der Waals surface area contributed by atoms with Crippen molar-refractivity contribution in [2.24, 2.45) is 0 Å². The van der Waals surface area contributed by atoms with E-state index in [-0.39, 0.29) is 6.61 Å². The zero-order chi connectivity index (χ0) is 9.97. The van der Waals surface area contributed by atoms with E-state index in [1.807, 2.05) is 30.3 Å². The van der Waals surface area contributed by atoms with Gasteiger partial charge in [0.2, 0.25) is 0 Å². The largest absolute Gasteiger partial charge is 0.390 e. The van der Waals surface area contributed by atoms with Gasteiger partial charge in [-0.1, -0.05) is 41.9 Å². The maximum atomic E-state index is 8.93. The number of aliphatic hydroxyl groups is 1. The van der Waals surface area contributed by atoms with E-state index in [4.69, 9.17) is 16.7 Å². The second-order valence-electron chi connectivity index (χ2n) is 3.04. The van der Waals surface area contributed by atoms with E-state index in [0.29, 0.717) is 5.02 Å². The molecule has 0 atom stereocenters. The first-order valence-corrected chi connectivity index (χ1v) is 4.72. The van der Waals surface area contributed by atoms with Gasteiger partial charge >= 0.3 is 0 Å². The number of aromatic nitrogens is 1. The summed E-state index contributed by atoms with van der Waals surface area (Å²) >= 11 is 6.02. The first-order valence-electron chi connectivity index (χ1n) is 4.35. The van der Waals surface area contributed by atoms with Gasteiger partial charge in [-0.15, -0.1) is 0 Å². The summed E-state index contributed by atoms with van der Waals surface area (Å²) in [6.45, 7) is -0.0213. The molecule has 14 heavy (non-hydrogen) atoms. The van der Waals surface area contributed by atoms with Crippen LogP contribution in [0.4, 0.5) is 0 Å². The van der Waals surface area contributed by atoms with Crippen molar-refractivity contribution in [2.45, 2.75) is 6.61 Å². The van der Waals surface area contributed by atoms with Gasteiger partial charge in [-0.2, -0.15) is 0 Å². The van der Waals surface area contributed by atoms with Crippen LogP contribution >= 0.6 is 11.6 Å². The van der Waals surface area contributed by atoms with Gasteiger partial charge in [-0.05, 0) is 11.6 Å². The molecular formula is C11H10ClNO. The van der Waals surface area contributed by atoms with E-state index in [1.165, 1.54) is 0 Å². The van der Waals surface area contributed by atoms with Crippen LogP contribution < -0.4 is 0 Å². The van der Waals surface area contributed by atoms with E-state index < -0.39 is 0 Å². The fraction of sp³-hybridized carbons (Fsp3) is 0.0909. The molecule has 0 amide bonds. The topological polar surface area (TPSA) is 36.0 Å². The maximum absolute atomic E-state index is 8.93. The molecule has 0 radical (unpaired) electrons. The molecule has 0 aliphatic carbocycles. The number of halogens is 1. The zero-order valence-electron chi connectivity index (χ0n) is 7.50. The molecule has 0 aliphatic heterocycles. The molecule has 2 aromatic rings. The minimum Gasteiger partial charge on any atom is -0.390 e. The highest BCUT2D eigenvalue weighted by molar-refractivity contribution is 6.33. The number of benzene rings is 1. The molecule has 1 aromatic heterocycles. The van der Waals surface area contributed by atoms with Crippen LogP contribution in [0.2, 0.25) is 5.02 Å². The summed E-state index contributed by atoms with van der Waals surface area (Å²) in [4.78, 5) is 3.07. The lowest BCUT2D eigenvalue weighted by Gasteiger charge is -1.97. The fourth-order valence-corrected chi connectivity index (χ4v) is 1.67. The quantitative estimate of drug-likeness (QED) is 0.781. The second-order valence-corrected chi connectivity index (χ2v) is 3.45. The van der Waals surface area contributed by atoms with E-state index in [9.17, 15) is 0 Å². The van der Waals surface area contributed by atoms with Gasteiger partial charge in [-0.25, -0.2) is 0 Å². The highest BCUT2D eigenvalue weighted by atomic mass is 35.5. The number of rotatable bonds is 2. The Morgan fingerprint density at radius 2 is 1.93 bits per heavy atom. The predicted molar refractivity (Wildman–Crippen MR) is 57.2 cm³/mol. The summed E-state index contributed by atoms with van der Waals surface area (Å²) in [6.07, 6.45) is 0. The molecule has 0 saturated carbocycles. The molecule has 0 fully saturated rings. The van der Waals surface area contributed by atoms with Crippen LogP contribution in [0.15, 0.2) is 36.4 Å². The highest BCUT2D eigenvalue weighted by Crippen LogP contribution is 2.27. The van der Waals surface area contributed by atoms with E-state index in [1.54, 1.807) is 6.07 Å². The van der Waals surface area contributed by atoms with Crippen molar-refractivity contribution in [3.8, 4) is 11.3 Å². The predicted octanol–water partition coefficient (Wildman–Crippen LogP) is 2.83. The minimum atomic E-state index is -0.0213. The number of hydrogen-bond acceptors (Lipinski definition) is 1. The minimum absolute atomic E-state index is 0.0213. The average molecular weight is 208 g/mol. The number of aromatic amines is 1. The van der Waals surface area contributed by atoms with Crippen LogP contribution in [-0.2, 0) is 6.61 Å². The Labute approximate surface area is 87.2 Å². The molecular weight excluding hydrogens is 198 g/mol. The normalized spacial score (nSPS) is 10.4. The molecule has 3 heteroatoms. The zero-order valence-corrected chi connectivity index (χ0v) is 8.25. The Balaban J connectivity index is 2.46. The molecule has 2 rings (SSSR count). The van der Waals surface area contributed by atoms with E-state index in [2.05, 4.69) is 4.98 Å². The van der Waals surface area contributed by atoms with Crippen LogP contribution in [0, 0.1) is 0 Å². The smallest absolute Gasteiger partial charge is 0.0831 e. The van der Waals surface area contributed by atoms with Crippen molar-refractivity contribution >= 4 is 11.6 Å². The lowest BCUT2D eigenvalue weighted by Crippen LogP contribution is -1.82. The van der Waals surface area contributed by atoms with Crippen molar-refractivity contribution in [2.75, 3.05) is 0 Å². The van der Waals surface area contributed by atoms with Crippen LogP contribution in [-0.4, -0.2) is 10.1 Å². The molecule has 2 nitrogen and oxygen atoms in total. The first-order chi connectivity index (χ1) is 6.81. The van der Waals surface area contributed by atoms with Gasteiger partial charge in [0.05, 0.1) is 17.3 Å². The molecule has 72 valence electrons. The maximum Gasteiger partial charge on any atom is 0.0831 e. The Hall–Kier alpha value is -1.25. The lowest BCUT2D eigenvalue weighted by molar-refractivity contribution is 0.277. The van der Waals surface area contributed by atoms with Crippen LogP contribution in [0.1, 0.15) is 5.69 Å². The SMILES string of the molecule is OCc1cc(Cl)c(-c2ccccc2)[nH]1. The van der Waals surface area contributed by atoms with Gasteiger partial charge in [0.25, 0.3) is 0 Å². The fourth-order valence-electron chi connectivity index (χ4n) is 1.38. The third-order valence-corrected chi connectivity index (χ3v) is 2.36. The summed E-state index contributed by atoms with van der Waals surface area (Å²) in [6, 6.07) is 11.5. The molecule has 0 spiro atoms. The van der Waals surface area contributed by atoms with Crippen molar-refractivity contribution in [1.29, 1.82) is 0 Å². The standard InChI is InChI=1S/C11H10ClNO/c12-10-6-9(7-14)13-11(10)8-4-2-1-3-5-8/h1-6,13-14H,7H2. The Bertz CT molecular complexity index is 422. The molecule has 0 unspecified atom stereocenters. The second kappa shape index (κ2) is 3.86. The van der Waals surface area contributed by atoms with Gasteiger partial charge in [0, 0.05) is 5.69 Å². The molecule has 0 aliphatic rings. The Morgan fingerprint density at radius 3 is 2.50 bits per heavy atom. The third-order valence-electron chi connectivity index (χ3n) is 2.06. The highest BCUT2D eigenvalue weighted by Gasteiger charge is 2.06. The number of hydrogen-bond donors (Lipinski definition) is 2. The van der Waals surface area contributed by atoms with E-state index in [0.717, 1.165) is 17.0 Å². The number of nitrogens with one attached hydrogen (secondary N) is 1.